The fourth-order valence-corrected chi connectivity index (χ4v) is 1.90. The Morgan fingerprint density at radius 3 is 2.35 bits per heavy atom. The van der Waals surface area contributed by atoms with Gasteiger partial charge < -0.3 is 10.4 Å². The molecule has 2 aromatic carbocycles. The van der Waals surface area contributed by atoms with Gasteiger partial charge >= 0.3 is 5.97 Å². The third-order valence-corrected chi connectivity index (χ3v) is 2.95. The molecule has 0 saturated carbocycles. The van der Waals surface area contributed by atoms with Crippen LogP contribution in [0.3, 0.4) is 0 Å². The Labute approximate surface area is 114 Å². The number of rotatable bonds is 4. The Morgan fingerprint density at radius 1 is 1.20 bits per heavy atom. The number of halogens is 2. The van der Waals surface area contributed by atoms with Gasteiger partial charge in [0, 0.05) is 5.69 Å². The molecule has 0 aliphatic carbocycles. The number of carboxylic acid groups (broad SMARTS) is 1. The second kappa shape index (κ2) is 5.69. The van der Waals surface area contributed by atoms with E-state index in [0.717, 1.165) is 17.7 Å². The fraction of sp³-hybridized carbons (Fsp3) is 0.133. The number of para-hydroxylation sites is 1. The lowest BCUT2D eigenvalue weighted by Gasteiger charge is -2.12. The molecule has 0 saturated heterocycles. The number of hydrogen-bond donors (Lipinski definition) is 2. The van der Waals surface area contributed by atoms with E-state index in [1.807, 2.05) is 19.1 Å². The van der Waals surface area contributed by atoms with Gasteiger partial charge in [0.05, 0.1) is 5.56 Å². The van der Waals surface area contributed by atoms with Crippen LogP contribution in [0.15, 0.2) is 36.4 Å². The maximum Gasteiger partial charge on any atom is 0.335 e. The SMILES string of the molecule is CCc1ccccc1Nc1c(F)cc(C(=O)O)cc1F. The van der Waals surface area contributed by atoms with Crippen LogP contribution in [0.25, 0.3) is 0 Å². The van der Waals surface area contributed by atoms with Crippen LogP contribution < -0.4 is 5.32 Å². The average molecular weight is 277 g/mol. The largest absolute Gasteiger partial charge is 0.478 e. The van der Waals surface area contributed by atoms with E-state index in [9.17, 15) is 13.6 Å². The molecule has 0 radical (unpaired) electrons. The Kier molecular flexibility index (Phi) is 3.98. The van der Waals surface area contributed by atoms with Crippen molar-refractivity contribution < 1.29 is 18.7 Å². The van der Waals surface area contributed by atoms with Gasteiger partial charge in [-0.15, -0.1) is 0 Å². The zero-order chi connectivity index (χ0) is 14.7. The Balaban J connectivity index is 2.41. The Morgan fingerprint density at radius 2 is 1.80 bits per heavy atom. The van der Waals surface area contributed by atoms with Crippen LogP contribution in [0.1, 0.15) is 22.8 Å². The summed E-state index contributed by atoms with van der Waals surface area (Å²) in [5.74, 6) is -3.25. The van der Waals surface area contributed by atoms with Crippen LogP contribution in [0, 0.1) is 11.6 Å². The molecule has 0 fully saturated rings. The van der Waals surface area contributed by atoms with E-state index in [4.69, 9.17) is 5.11 Å². The summed E-state index contributed by atoms with van der Waals surface area (Å²) in [4.78, 5) is 10.7. The summed E-state index contributed by atoms with van der Waals surface area (Å²) in [6, 6.07) is 8.74. The smallest absolute Gasteiger partial charge is 0.335 e. The van der Waals surface area contributed by atoms with Crippen LogP contribution in [0.2, 0.25) is 0 Å². The molecule has 2 aromatic rings. The molecular weight excluding hydrogens is 264 g/mol. The summed E-state index contributed by atoms with van der Waals surface area (Å²) >= 11 is 0. The average Bonchev–Trinajstić information content (AvgIpc) is 2.42. The van der Waals surface area contributed by atoms with Gasteiger partial charge in [-0.3, -0.25) is 0 Å². The zero-order valence-electron chi connectivity index (χ0n) is 10.8. The summed E-state index contributed by atoms with van der Waals surface area (Å²) in [5, 5.41) is 11.4. The molecule has 0 aliphatic rings. The van der Waals surface area contributed by atoms with Gasteiger partial charge in [-0.25, -0.2) is 13.6 Å². The minimum atomic E-state index is -1.37. The quantitative estimate of drug-likeness (QED) is 0.889. The maximum atomic E-state index is 13.8. The predicted octanol–water partition coefficient (Wildman–Crippen LogP) is 3.97. The number of carboxylic acids is 1. The molecule has 0 amide bonds. The summed E-state index contributed by atoms with van der Waals surface area (Å²) in [5.41, 5.74) is 0.731. The maximum absolute atomic E-state index is 13.8. The number of carbonyl (C=O) groups is 1. The summed E-state index contributed by atoms with van der Waals surface area (Å²) in [6.45, 7) is 1.93. The predicted molar refractivity (Wildman–Crippen MR) is 72.4 cm³/mol. The second-order valence-corrected chi connectivity index (χ2v) is 4.26. The van der Waals surface area contributed by atoms with Crippen LogP contribution in [0.5, 0.6) is 0 Å². The first-order valence-electron chi connectivity index (χ1n) is 6.10. The minimum Gasteiger partial charge on any atom is -0.478 e. The van der Waals surface area contributed by atoms with Crippen LogP contribution in [0.4, 0.5) is 20.2 Å². The van der Waals surface area contributed by atoms with Crippen molar-refractivity contribution in [3.05, 3.63) is 59.2 Å². The van der Waals surface area contributed by atoms with E-state index in [0.29, 0.717) is 12.1 Å². The number of aromatic carboxylic acids is 1. The van der Waals surface area contributed by atoms with Crippen molar-refractivity contribution >= 4 is 17.3 Å². The molecule has 3 nitrogen and oxygen atoms in total. The summed E-state index contributed by atoms with van der Waals surface area (Å²) in [7, 11) is 0. The molecule has 0 aliphatic heterocycles. The number of benzene rings is 2. The van der Waals surface area contributed by atoms with E-state index in [2.05, 4.69) is 5.32 Å². The van der Waals surface area contributed by atoms with E-state index in [1.54, 1.807) is 12.1 Å². The van der Waals surface area contributed by atoms with Crippen LogP contribution in [-0.4, -0.2) is 11.1 Å². The molecule has 0 atom stereocenters. The summed E-state index contributed by atoms with van der Waals surface area (Å²) < 4.78 is 27.7. The highest BCUT2D eigenvalue weighted by Gasteiger charge is 2.15. The molecular formula is C15H13F2NO2. The molecule has 5 heteroatoms. The third-order valence-electron chi connectivity index (χ3n) is 2.95. The molecule has 0 aromatic heterocycles. The summed E-state index contributed by atoms with van der Waals surface area (Å²) in [6.07, 6.45) is 0.708. The number of aryl methyl sites for hydroxylation is 1. The first-order chi connectivity index (χ1) is 9.52. The van der Waals surface area contributed by atoms with Crippen molar-refractivity contribution in [3.63, 3.8) is 0 Å². The highest BCUT2D eigenvalue weighted by Crippen LogP contribution is 2.27. The van der Waals surface area contributed by atoms with Crippen LogP contribution in [-0.2, 0) is 6.42 Å². The van der Waals surface area contributed by atoms with Gasteiger partial charge in [-0.1, -0.05) is 25.1 Å². The van der Waals surface area contributed by atoms with Crippen molar-refractivity contribution in [1.29, 1.82) is 0 Å². The monoisotopic (exact) mass is 277 g/mol. The highest BCUT2D eigenvalue weighted by atomic mass is 19.1. The van der Waals surface area contributed by atoms with Gasteiger partial charge in [-0.2, -0.15) is 0 Å². The normalized spacial score (nSPS) is 10.3. The van der Waals surface area contributed by atoms with Crippen molar-refractivity contribution in [2.75, 3.05) is 5.32 Å². The minimum absolute atomic E-state index is 0.351. The van der Waals surface area contributed by atoms with Gasteiger partial charge in [-0.05, 0) is 30.2 Å². The first-order valence-corrected chi connectivity index (χ1v) is 6.10. The standard InChI is InChI=1S/C15H13F2NO2/c1-2-9-5-3-4-6-13(9)18-14-11(16)7-10(15(19)20)8-12(14)17/h3-8,18H,2H2,1H3,(H,19,20). The fourth-order valence-electron chi connectivity index (χ4n) is 1.90. The van der Waals surface area contributed by atoms with E-state index < -0.39 is 23.2 Å². The number of hydrogen-bond acceptors (Lipinski definition) is 2. The zero-order valence-corrected chi connectivity index (χ0v) is 10.8. The van der Waals surface area contributed by atoms with Crippen LogP contribution >= 0.6 is 0 Å². The van der Waals surface area contributed by atoms with Gasteiger partial charge in [0.15, 0.2) is 11.6 Å². The van der Waals surface area contributed by atoms with Gasteiger partial charge in [0.1, 0.15) is 5.69 Å². The first kappa shape index (κ1) is 14.0. The van der Waals surface area contributed by atoms with Crippen molar-refractivity contribution in [2.45, 2.75) is 13.3 Å². The topological polar surface area (TPSA) is 49.3 Å². The van der Waals surface area contributed by atoms with E-state index in [1.165, 1.54) is 0 Å². The Hall–Kier alpha value is -2.43. The Bertz CT molecular complexity index is 633. The van der Waals surface area contributed by atoms with Crippen molar-refractivity contribution in [3.8, 4) is 0 Å². The second-order valence-electron chi connectivity index (χ2n) is 4.26. The third kappa shape index (κ3) is 2.77. The molecule has 2 rings (SSSR count). The molecule has 20 heavy (non-hydrogen) atoms. The van der Waals surface area contributed by atoms with Gasteiger partial charge in [0.2, 0.25) is 0 Å². The molecule has 0 bridgehead atoms. The molecule has 0 spiro atoms. The van der Waals surface area contributed by atoms with Gasteiger partial charge in [0.25, 0.3) is 0 Å². The lowest BCUT2D eigenvalue weighted by molar-refractivity contribution is 0.0696. The number of anilines is 2. The lowest BCUT2D eigenvalue weighted by atomic mass is 10.1. The molecule has 2 N–H and O–H groups in total. The highest BCUT2D eigenvalue weighted by molar-refractivity contribution is 5.88. The van der Waals surface area contributed by atoms with Crippen molar-refractivity contribution in [1.82, 2.24) is 0 Å². The molecule has 104 valence electrons. The van der Waals surface area contributed by atoms with E-state index in [-0.39, 0.29) is 5.69 Å². The van der Waals surface area contributed by atoms with E-state index >= 15 is 0 Å². The molecule has 0 heterocycles. The lowest BCUT2D eigenvalue weighted by Crippen LogP contribution is -2.04. The van der Waals surface area contributed by atoms with Crippen molar-refractivity contribution in [2.24, 2.45) is 0 Å². The number of nitrogens with one attached hydrogen (secondary N) is 1. The molecule has 0 unspecified atom stereocenters.